The van der Waals surface area contributed by atoms with Gasteiger partial charge in [-0.1, -0.05) is 0 Å². The van der Waals surface area contributed by atoms with E-state index < -0.39 is 17.8 Å². The SMILES string of the molecule is CN1CCN(c2nc(C(F)(F)F)ccc2/C=C/C(=O)Nc2ccc3c(c2)OCCO3)CC1. The Morgan fingerprint density at radius 3 is 2.50 bits per heavy atom. The highest BCUT2D eigenvalue weighted by Gasteiger charge is 2.33. The maximum absolute atomic E-state index is 13.2. The van der Waals surface area contributed by atoms with E-state index in [0.717, 1.165) is 6.07 Å². The van der Waals surface area contributed by atoms with Crippen molar-refractivity contribution >= 4 is 23.5 Å². The number of aromatic nitrogens is 1. The second-order valence-electron chi connectivity index (χ2n) is 7.58. The Balaban J connectivity index is 1.52. The number of anilines is 2. The lowest BCUT2D eigenvalue weighted by molar-refractivity contribution is -0.141. The molecule has 7 nitrogen and oxygen atoms in total. The first-order valence-electron chi connectivity index (χ1n) is 10.2. The second-order valence-corrected chi connectivity index (χ2v) is 7.58. The lowest BCUT2D eigenvalue weighted by atomic mass is 10.1. The van der Waals surface area contributed by atoms with Crippen LogP contribution in [0.3, 0.4) is 0 Å². The number of carbonyl (C=O) groups is 1. The summed E-state index contributed by atoms with van der Waals surface area (Å²) in [5, 5.41) is 2.72. The van der Waals surface area contributed by atoms with Crippen molar-refractivity contribution in [1.29, 1.82) is 0 Å². The van der Waals surface area contributed by atoms with Gasteiger partial charge >= 0.3 is 6.18 Å². The zero-order chi connectivity index (χ0) is 22.7. The number of benzene rings is 1. The zero-order valence-electron chi connectivity index (χ0n) is 17.5. The number of halogens is 3. The molecule has 0 radical (unpaired) electrons. The molecule has 32 heavy (non-hydrogen) atoms. The number of hydrogen-bond donors (Lipinski definition) is 1. The fourth-order valence-electron chi connectivity index (χ4n) is 3.49. The van der Waals surface area contributed by atoms with Crippen LogP contribution in [0.2, 0.25) is 0 Å². The van der Waals surface area contributed by atoms with Crippen LogP contribution in [0.1, 0.15) is 11.3 Å². The minimum atomic E-state index is -4.54. The first kappa shape index (κ1) is 21.9. The maximum atomic E-state index is 13.2. The van der Waals surface area contributed by atoms with Crippen LogP contribution in [0, 0.1) is 0 Å². The largest absolute Gasteiger partial charge is 0.486 e. The lowest BCUT2D eigenvalue weighted by Gasteiger charge is -2.34. The number of carbonyl (C=O) groups excluding carboxylic acids is 1. The lowest BCUT2D eigenvalue weighted by Crippen LogP contribution is -2.45. The van der Waals surface area contributed by atoms with Gasteiger partial charge in [0.2, 0.25) is 5.91 Å². The molecular weight excluding hydrogens is 425 g/mol. The first-order chi connectivity index (χ1) is 15.3. The smallest absolute Gasteiger partial charge is 0.433 e. The number of amides is 1. The number of pyridine rings is 1. The van der Waals surface area contributed by atoms with Crippen LogP contribution >= 0.6 is 0 Å². The third-order valence-corrected chi connectivity index (χ3v) is 5.22. The predicted octanol–water partition coefficient (Wildman–Crippen LogP) is 3.28. The fraction of sp³-hybridized carbons (Fsp3) is 0.364. The summed E-state index contributed by atoms with van der Waals surface area (Å²) in [6, 6.07) is 7.33. The monoisotopic (exact) mass is 448 g/mol. The van der Waals surface area contributed by atoms with Gasteiger partial charge in [0.05, 0.1) is 0 Å². The van der Waals surface area contributed by atoms with E-state index in [1.807, 2.05) is 11.9 Å². The van der Waals surface area contributed by atoms with Crippen LogP contribution in [0.15, 0.2) is 36.4 Å². The Morgan fingerprint density at radius 2 is 1.78 bits per heavy atom. The summed E-state index contributed by atoms with van der Waals surface area (Å²) in [6.45, 7) is 3.43. The van der Waals surface area contributed by atoms with Crippen molar-refractivity contribution in [3.05, 3.63) is 47.7 Å². The number of piperazine rings is 1. The zero-order valence-corrected chi connectivity index (χ0v) is 17.5. The number of fused-ring (bicyclic) bond motifs is 1. The Kier molecular flexibility index (Phi) is 6.22. The third kappa shape index (κ3) is 5.13. The normalized spacial score (nSPS) is 16.9. The van der Waals surface area contributed by atoms with Crippen LogP contribution in [0.4, 0.5) is 24.7 Å². The molecule has 170 valence electrons. The van der Waals surface area contributed by atoms with Gasteiger partial charge in [0.15, 0.2) is 11.5 Å². The van der Waals surface area contributed by atoms with Crippen LogP contribution < -0.4 is 19.7 Å². The van der Waals surface area contributed by atoms with Gasteiger partial charge in [-0.25, -0.2) is 4.98 Å². The predicted molar refractivity (Wildman–Crippen MR) is 114 cm³/mol. The van der Waals surface area contributed by atoms with Gasteiger partial charge in [-0.05, 0) is 37.4 Å². The van der Waals surface area contributed by atoms with Crippen LogP contribution in [-0.4, -0.2) is 62.2 Å². The van der Waals surface area contributed by atoms with E-state index in [-0.39, 0.29) is 5.82 Å². The molecule has 1 aromatic heterocycles. The van der Waals surface area contributed by atoms with Crippen LogP contribution in [0.5, 0.6) is 11.5 Å². The fourth-order valence-corrected chi connectivity index (χ4v) is 3.49. The van der Waals surface area contributed by atoms with Gasteiger partial charge < -0.3 is 24.6 Å². The van der Waals surface area contributed by atoms with Crippen LogP contribution in [-0.2, 0) is 11.0 Å². The van der Waals surface area contributed by atoms with E-state index in [0.29, 0.717) is 62.1 Å². The average Bonchev–Trinajstić information content (AvgIpc) is 2.77. The highest BCUT2D eigenvalue weighted by atomic mass is 19.4. The molecule has 2 aromatic rings. The number of nitrogens with one attached hydrogen (secondary N) is 1. The summed E-state index contributed by atoms with van der Waals surface area (Å²) in [6.07, 6.45) is -1.78. The molecule has 0 bridgehead atoms. The van der Waals surface area contributed by atoms with Crippen molar-refractivity contribution in [2.45, 2.75) is 6.18 Å². The van der Waals surface area contributed by atoms with Gasteiger partial charge in [-0.2, -0.15) is 13.2 Å². The highest BCUT2D eigenvalue weighted by Crippen LogP contribution is 2.33. The maximum Gasteiger partial charge on any atom is 0.433 e. The molecule has 0 unspecified atom stereocenters. The van der Waals surface area contributed by atoms with E-state index in [9.17, 15) is 18.0 Å². The molecule has 0 aliphatic carbocycles. The molecular formula is C22H23F3N4O3. The summed E-state index contributed by atoms with van der Waals surface area (Å²) < 4.78 is 50.6. The van der Waals surface area contributed by atoms with Crippen molar-refractivity contribution < 1.29 is 27.4 Å². The van der Waals surface area contributed by atoms with Gasteiger partial charge in [-0.15, -0.1) is 0 Å². The Hall–Kier alpha value is -3.27. The molecule has 2 aliphatic heterocycles. The van der Waals surface area contributed by atoms with Gasteiger partial charge in [0.1, 0.15) is 24.7 Å². The molecule has 10 heteroatoms. The van der Waals surface area contributed by atoms with Crippen molar-refractivity contribution in [1.82, 2.24) is 9.88 Å². The van der Waals surface area contributed by atoms with E-state index in [1.54, 1.807) is 18.2 Å². The molecule has 4 rings (SSSR count). The standard InChI is InChI=1S/C22H23F3N4O3/c1-28-8-10-29(11-9-28)21-15(2-6-19(27-21)22(23,24)25)3-7-20(30)26-16-4-5-17-18(14-16)32-13-12-31-17/h2-7,14H,8-13H2,1H3,(H,26,30)/b7-3+. The van der Waals surface area contributed by atoms with Gasteiger partial charge in [0, 0.05) is 49.6 Å². The number of ether oxygens (including phenoxy) is 2. The molecule has 1 aromatic carbocycles. The Morgan fingerprint density at radius 1 is 1.06 bits per heavy atom. The molecule has 1 amide bonds. The minimum absolute atomic E-state index is 0.219. The molecule has 0 saturated carbocycles. The number of nitrogens with zero attached hydrogens (tertiary/aromatic N) is 3. The summed E-state index contributed by atoms with van der Waals surface area (Å²) in [7, 11) is 1.96. The quantitative estimate of drug-likeness (QED) is 0.725. The molecule has 1 fully saturated rings. The molecule has 0 spiro atoms. The summed E-state index contributed by atoms with van der Waals surface area (Å²) >= 11 is 0. The summed E-state index contributed by atoms with van der Waals surface area (Å²) in [5.41, 5.74) is 0.0120. The minimum Gasteiger partial charge on any atom is -0.486 e. The van der Waals surface area contributed by atoms with Crippen molar-refractivity contribution in [2.24, 2.45) is 0 Å². The topological polar surface area (TPSA) is 66.9 Å². The van der Waals surface area contributed by atoms with Crippen LogP contribution in [0.25, 0.3) is 6.08 Å². The molecule has 3 heterocycles. The number of hydrogen-bond acceptors (Lipinski definition) is 6. The molecule has 2 aliphatic rings. The average molecular weight is 448 g/mol. The Bertz CT molecular complexity index is 1020. The summed E-state index contributed by atoms with van der Waals surface area (Å²) in [5.74, 6) is 0.946. The van der Waals surface area contributed by atoms with E-state index in [1.165, 1.54) is 18.2 Å². The van der Waals surface area contributed by atoms with E-state index >= 15 is 0 Å². The van der Waals surface area contributed by atoms with E-state index in [2.05, 4.69) is 15.2 Å². The van der Waals surface area contributed by atoms with Gasteiger partial charge in [-0.3, -0.25) is 4.79 Å². The molecule has 0 atom stereocenters. The van der Waals surface area contributed by atoms with Gasteiger partial charge in [0.25, 0.3) is 0 Å². The van der Waals surface area contributed by atoms with Crippen molar-refractivity contribution in [3.63, 3.8) is 0 Å². The number of rotatable bonds is 4. The first-order valence-corrected chi connectivity index (χ1v) is 10.2. The highest BCUT2D eigenvalue weighted by molar-refractivity contribution is 6.02. The third-order valence-electron chi connectivity index (χ3n) is 5.22. The van der Waals surface area contributed by atoms with Crippen molar-refractivity contribution in [3.8, 4) is 11.5 Å². The number of alkyl halides is 3. The molecule has 1 N–H and O–H groups in total. The molecule has 1 saturated heterocycles. The Labute approximate surface area is 183 Å². The second kappa shape index (κ2) is 9.07. The van der Waals surface area contributed by atoms with E-state index in [4.69, 9.17) is 9.47 Å². The summed E-state index contributed by atoms with van der Waals surface area (Å²) in [4.78, 5) is 20.2. The van der Waals surface area contributed by atoms with Crippen molar-refractivity contribution in [2.75, 3.05) is 56.7 Å². The number of likely N-dealkylation sites (N-methyl/N-ethyl adjacent to an activating group) is 1.